The van der Waals surface area contributed by atoms with Crippen LogP contribution in [0.1, 0.15) is 41.3 Å². The molecule has 0 fully saturated rings. The van der Waals surface area contributed by atoms with Crippen LogP contribution in [0, 0.1) is 0 Å². The van der Waals surface area contributed by atoms with Gasteiger partial charge >= 0.3 is 0 Å². The summed E-state index contributed by atoms with van der Waals surface area (Å²) < 4.78 is 11.2. The van der Waals surface area contributed by atoms with Crippen molar-refractivity contribution in [3.63, 3.8) is 0 Å². The second-order valence-corrected chi connectivity index (χ2v) is 4.69. The topological polar surface area (TPSA) is 43.4 Å². The molecule has 3 rings (SSSR count). The average Bonchev–Trinajstić information content (AvgIpc) is 3.10. The highest BCUT2D eigenvalue weighted by atomic mass is 16.3. The van der Waals surface area contributed by atoms with E-state index in [4.69, 9.17) is 8.83 Å². The SMILES string of the molecule is CCc1occc1C(=O)c1c(CC)oc2ccccc12. The van der Waals surface area contributed by atoms with E-state index in [1.165, 1.54) is 0 Å². The molecule has 0 saturated heterocycles. The van der Waals surface area contributed by atoms with Crippen molar-refractivity contribution in [1.82, 2.24) is 0 Å². The number of benzene rings is 1. The average molecular weight is 268 g/mol. The maximum atomic E-state index is 12.8. The Bertz CT molecular complexity index is 761. The molecule has 3 aromatic rings. The Labute approximate surface area is 117 Å². The van der Waals surface area contributed by atoms with Gasteiger partial charge in [-0.1, -0.05) is 32.0 Å². The van der Waals surface area contributed by atoms with E-state index >= 15 is 0 Å². The third kappa shape index (κ3) is 1.86. The number of para-hydroxylation sites is 1. The van der Waals surface area contributed by atoms with E-state index in [1.807, 2.05) is 38.1 Å². The fraction of sp³-hybridized carbons (Fsp3) is 0.235. The molecule has 102 valence electrons. The van der Waals surface area contributed by atoms with Crippen molar-refractivity contribution >= 4 is 16.8 Å². The van der Waals surface area contributed by atoms with Gasteiger partial charge in [0.05, 0.1) is 17.4 Å². The summed E-state index contributed by atoms with van der Waals surface area (Å²) in [6, 6.07) is 9.39. The number of carbonyl (C=O) groups excluding carboxylic acids is 1. The van der Waals surface area contributed by atoms with Crippen LogP contribution in [-0.4, -0.2) is 5.78 Å². The highest BCUT2D eigenvalue weighted by Crippen LogP contribution is 2.29. The van der Waals surface area contributed by atoms with Gasteiger partial charge in [0, 0.05) is 18.2 Å². The molecule has 1 aromatic carbocycles. The monoisotopic (exact) mass is 268 g/mol. The van der Waals surface area contributed by atoms with Crippen LogP contribution < -0.4 is 0 Å². The standard InChI is InChI=1S/C17H16O3/c1-3-13-12(9-10-19-13)17(18)16-11-7-5-6-8-15(11)20-14(16)4-2/h5-10H,3-4H2,1-2H3. The van der Waals surface area contributed by atoms with Crippen LogP contribution in [0.5, 0.6) is 0 Å². The van der Waals surface area contributed by atoms with Crippen LogP contribution in [-0.2, 0) is 12.8 Å². The van der Waals surface area contributed by atoms with Gasteiger partial charge in [-0.25, -0.2) is 0 Å². The van der Waals surface area contributed by atoms with E-state index in [0.29, 0.717) is 24.0 Å². The van der Waals surface area contributed by atoms with Gasteiger partial charge in [0.25, 0.3) is 0 Å². The van der Waals surface area contributed by atoms with Crippen LogP contribution in [0.2, 0.25) is 0 Å². The third-order valence-electron chi connectivity index (χ3n) is 3.53. The largest absolute Gasteiger partial charge is 0.469 e. The first-order valence-electron chi connectivity index (χ1n) is 6.87. The Hall–Kier alpha value is -2.29. The minimum atomic E-state index is -0.0163. The fourth-order valence-corrected chi connectivity index (χ4v) is 2.55. The van der Waals surface area contributed by atoms with Crippen molar-refractivity contribution < 1.29 is 13.6 Å². The normalized spacial score (nSPS) is 11.1. The van der Waals surface area contributed by atoms with Gasteiger partial charge in [0.15, 0.2) is 0 Å². The van der Waals surface area contributed by atoms with Crippen molar-refractivity contribution in [3.05, 3.63) is 59.2 Å². The van der Waals surface area contributed by atoms with E-state index < -0.39 is 0 Å². The lowest BCUT2D eigenvalue weighted by atomic mass is 9.99. The lowest BCUT2D eigenvalue weighted by Gasteiger charge is -2.01. The molecule has 0 unspecified atom stereocenters. The van der Waals surface area contributed by atoms with E-state index in [0.717, 1.165) is 22.5 Å². The highest BCUT2D eigenvalue weighted by molar-refractivity contribution is 6.17. The first-order chi connectivity index (χ1) is 9.76. The summed E-state index contributed by atoms with van der Waals surface area (Å²) in [7, 11) is 0. The minimum Gasteiger partial charge on any atom is -0.469 e. The van der Waals surface area contributed by atoms with Gasteiger partial charge in [-0.15, -0.1) is 0 Å². The Morgan fingerprint density at radius 2 is 1.80 bits per heavy atom. The van der Waals surface area contributed by atoms with E-state index in [1.54, 1.807) is 12.3 Å². The van der Waals surface area contributed by atoms with Gasteiger partial charge in [-0.3, -0.25) is 4.79 Å². The lowest BCUT2D eigenvalue weighted by molar-refractivity contribution is 0.103. The number of ketones is 1. The first-order valence-corrected chi connectivity index (χ1v) is 6.87. The molecule has 20 heavy (non-hydrogen) atoms. The summed E-state index contributed by atoms with van der Waals surface area (Å²) in [5.41, 5.74) is 2.06. The van der Waals surface area contributed by atoms with Crippen LogP contribution in [0.25, 0.3) is 11.0 Å². The van der Waals surface area contributed by atoms with E-state index in [2.05, 4.69) is 0 Å². The molecule has 0 N–H and O–H groups in total. The molecule has 0 radical (unpaired) electrons. The van der Waals surface area contributed by atoms with Crippen LogP contribution in [0.3, 0.4) is 0 Å². The summed E-state index contributed by atoms with van der Waals surface area (Å²) in [5.74, 6) is 1.44. The summed E-state index contributed by atoms with van der Waals surface area (Å²) >= 11 is 0. The minimum absolute atomic E-state index is 0.0163. The molecule has 0 atom stereocenters. The molecule has 0 aliphatic carbocycles. The quantitative estimate of drug-likeness (QED) is 0.659. The zero-order chi connectivity index (χ0) is 14.1. The molecule has 0 saturated carbocycles. The van der Waals surface area contributed by atoms with Gasteiger partial charge in [0.1, 0.15) is 17.1 Å². The van der Waals surface area contributed by atoms with E-state index in [9.17, 15) is 4.79 Å². The molecule has 3 heteroatoms. The van der Waals surface area contributed by atoms with Gasteiger partial charge in [0.2, 0.25) is 5.78 Å². The second-order valence-electron chi connectivity index (χ2n) is 4.69. The number of fused-ring (bicyclic) bond motifs is 1. The van der Waals surface area contributed by atoms with Crippen LogP contribution in [0.15, 0.2) is 45.4 Å². The van der Waals surface area contributed by atoms with Gasteiger partial charge in [-0.2, -0.15) is 0 Å². The Kier molecular flexibility index (Phi) is 3.18. The third-order valence-corrected chi connectivity index (χ3v) is 3.53. The number of rotatable bonds is 4. The number of hydrogen-bond acceptors (Lipinski definition) is 3. The molecule has 3 nitrogen and oxygen atoms in total. The zero-order valence-electron chi connectivity index (χ0n) is 11.6. The fourth-order valence-electron chi connectivity index (χ4n) is 2.55. The number of hydrogen-bond donors (Lipinski definition) is 0. The molecule has 2 aromatic heterocycles. The van der Waals surface area contributed by atoms with Crippen molar-refractivity contribution in [2.24, 2.45) is 0 Å². The molecular formula is C17H16O3. The first kappa shape index (κ1) is 12.7. The maximum absolute atomic E-state index is 12.8. The predicted molar refractivity (Wildman–Crippen MR) is 77.1 cm³/mol. The number of aryl methyl sites for hydroxylation is 2. The highest BCUT2D eigenvalue weighted by Gasteiger charge is 2.23. The maximum Gasteiger partial charge on any atom is 0.200 e. The molecule has 0 aliphatic rings. The smallest absolute Gasteiger partial charge is 0.200 e. The molecule has 0 bridgehead atoms. The molecular weight excluding hydrogens is 252 g/mol. The van der Waals surface area contributed by atoms with E-state index in [-0.39, 0.29) is 5.78 Å². The molecule has 0 spiro atoms. The van der Waals surface area contributed by atoms with Gasteiger partial charge in [-0.05, 0) is 12.1 Å². The van der Waals surface area contributed by atoms with Crippen molar-refractivity contribution in [3.8, 4) is 0 Å². The van der Waals surface area contributed by atoms with Gasteiger partial charge < -0.3 is 8.83 Å². The molecule has 2 heterocycles. The predicted octanol–water partition coefficient (Wildman–Crippen LogP) is 4.38. The van der Waals surface area contributed by atoms with Crippen molar-refractivity contribution in [2.75, 3.05) is 0 Å². The Morgan fingerprint density at radius 3 is 2.55 bits per heavy atom. The summed E-state index contributed by atoms with van der Waals surface area (Å²) in [6.07, 6.45) is 2.96. The lowest BCUT2D eigenvalue weighted by Crippen LogP contribution is -2.04. The molecule has 0 amide bonds. The number of carbonyl (C=O) groups is 1. The summed E-state index contributed by atoms with van der Waals surface area (Å²) in [5, 5.41) is 0.873. The Morgan fingerprint density at radius 1 is 1.05 bits per heavy atom. The Balaban J connectivity index is 2.21. The summed E-state index contributed by atoms with van der Waals surface area (Å²) in [4.78, 5) is 12.8. The van der Waals surface area contributed by atoms with Crippen molar-refractivity contribution in [2.45, 2.75) is 26.7 Å². The van der Waals surface area contributed by atoms with Crippen LogP contribution in [0.4, 0.5) is 0 Å². The molecule has 0 aliphatic heterocycles. The second kappa shape index (κ2) is 5.00. The summed E-state index contributed by atoms with van der Waals surface area (Å²) in [6.45, 7) is 3.97. The van der Waals surface area contributed by atoms with Crippen LogP contribution >= 0.6 is 0 Å². The van der Waals surface area contributed by atoms with Crippen molar-refractivity contribution in [1.29, 1.82) is 0 Å². The number of furan rings is 2. The zero-order valence-corrected chi connectivity index (χ0v) is 11.6.